The Kier molecular flexibility index (Phi) is 13.0. The van der Waals surface area contributed by atoms with Crippen molar-refractivity contribution in [2.75, 3.05) is 20.1 Å². The predicted molar refractivity (Wildman–Crippen MR) is 126 cm³/mol. The van der Waals surface area contributed by atoms with Crippen LogP contribution in [0.4, 0.5) is 0 Å². The minimum absolute atomic E-state index is 0.232. The van der Waals surface area contributed by atoms with E-state index in [1.807, 2.05) is 18.4 Å². The first-order chi connectivity index (χ1) is 13.3. The summed E-state index contributed by atoms with van der Waals surface area (Å²) in [7, 11) is 1.75. The number of rotatable bonds is 13. The summed E-state index contributed by atoms with van der Waals surface area (Å²) in [4.78, 5) is 8.57. The van der Waals surface area contributed by atoms with Crippen LogP contribution < -0.4 is 0 Å². The maximum Gasteiger partial charge on any atom is 0.101 e. The summed E-state index contributed by atoms with van der Waals surface area (Å²) in [6.07, 6.45) is 7.97. The normalized spacial score (nSPS) is 13.9. The van der Waals surface area contributed by atoms with Crippen LogP contribution in [0.15, 0.2) is 65.6 Å². The largest absolute Gasteiger partial charge is 0.371 e. The molecule has 0 heterocycles. The van der Waals surface area contributed by atoms with E-state index in [1.165, 1.54) is 5.57 Å². The molecule has 4 nitrogen and oxygen atoms in total. The minimum Gasteiger partial charge on any atom is -0.371 e. The molecule has 0 aromatic rings. The number of halogens is 1. The fourth-order valence-electron chi connectivity index (χ4n) is 2.87. The third kappa shape index (κ3) is 8.31. The van der Waals surface area contributed by atoms with E-state index in [1.54, 1.807) is 7.05 Å². The molecule has 0 aliphatic carbocycles. The smallest absolute Gasteiger partial charge is 0.101 e. The van der Waals surface area contributed by atoms with Crippen LogP contribution in [0.2, 0.25) is 0 Å². The van der Waals surface area contributed by atoms with Gasteiger partial charge in [-0.05, 0) is 73.0 Å². The molecule has 1 unspecified atom stereocenters. The van der Waals surface area contributed by atoms with E-state index in [-0.39, 0.29) is 6.04 Å². The van der Waals surface area contributed by atoms with Crippen LogP contribution in [0, 0.1) is 11.3 Å². The Bertz CT molecular complexity index is 679. The summed E-state index contributed by atoms with van der Waals surface area (Å²) in [6, 6.07) is 2.46. The molecule has 0 aromatic carbocycles. The van der Waals surface area contributed by atoms with Gasteiger partial charge in [0.25, 0.3) is 0 Å². The number of allylic oxidation sites excluding steroid dienone is 3. The maximum atomic E-state index is 8.90. The second kappa shape index (κ2) is 14.0. The van der Waals surface area contributed by atoms with E-state index in [2.05, 4.69) is 84.2 Å². The van der Waals surface area contributed by atoms with Crippen LogP contribution in [-0.2, 0) is 0 Å². The first-order valence-corrected chi connectivity index (χ1v) is 10.4. The van der Waals surface area contributed by atoms with E-state index in [0.717, 1.165) is 34.4 Å². The predicted octanol–water partition coefficient (Wildman–Crippen LogP) is 6.18. The number of hydrogen-bond acceptors (Lipinski definition) is 4. The van der Waals surface area contributed by atoms with Gasteiger partial charge in [0.1, 0.15) is 4.62 Å². The highest BCUT2D eigenvalue weighted by molar-refractivity contribution is 9.18. The van der Waals surface area contributed by atoms with E-state index < -0.39 is 0 Å². The van der Waals surface area contributed by atoms with Crippen molar-refractivity contribution in [1.82, 2.24) is 9.80 Å². The molecule has 0 aliphatic rings. The summed E-state index contributed by atoms with van der Waals surface area (Å²) in [5.74, 6) is 0. The third-order valence-electron chi connectivity index (χ3n) is 4.79. The molecule has 0 radical (unpaired) electrons. The van der Waals surface area contributed by atoms with E-state index in [0.29, 0.717) is 19.5 Å². The van der Waals surface area contributed by atoms with Gasteiger partial charge in [-0.15, -0.1) is 6.58 Å². The Morgan fingerprint density at radius 3 is 2.43 bits per heavy atom. The molecule has 0 N–H and O–H groups in total. The highest BCUT2D eigenvalue weighted by Gasteiger charge is 2.18. The van der Waals surface area contributed by atoms with Crippen molar-refractivity contribution >= 4 is 20.6 Å². The van der Waals surface area contributed by atoms with Gasteiger partial charge in [0.2, 0.25) is 0 Å². The lowest BCUT2D eigenvalue weighted by Crippen LogP contribution is -2.32. The van der Waals surface area contributed by atoms with Crippen molar-refractivity contribution in [1.29, 1.82) is 5.26 Å². The number of nitrogens with zero attached hydrogens (tertiary/aromatic N) is 4. The monoisotopic (exact) mass is 446 g/mol. The lowest BCUT2D eigenvalue weighted by molar-refractivity contribution is 0.300. The number of aliphatic imine (C=N–C) groups is 1. The molecule has 5 heteroatoms. The molecule has 0 bridgehead atoms. The zero-order valence-electron chi connectivity index (χ0n) is 18.1. The zero-order valence-corrected chi connectivity index (χ0v) is 19.7. The van der Waals surface area contributed by atoms with Gasteiger partial charge in [-0.1, -0.05) is 26.2 Å². The highest BCUT2D eigenvalue weighted by Crippen LogP contribution is 2.25. The van der Waals surface area contributed by atoms with E-state index in [4.69, 9.17) is 5.26 Å². The van der Waals surface area contributed by atoms with Crippen molar-refractivity contribution < 1.29 is 0 Å². The van der Waals surface area contributed by atoms with Crippen molar-refractivity contribution in [3.63, 3.8) is 0 Å². The van der Waals surface area contributed by atoms with Gasteiger partial charge in [-0.2, -0.15) is 5.26 Å². The standard InChI is InChI=1S/C23H35BrN4/c1-9-15-28(20(6)16-23(24)26-8)21(7)22(18(4)10-2)17-27(11-3)19(5)13-12-14-25/h9,11,16,19H,1,3-4,10,12-13,15,17H2,2,5-8H3/b20-16+,22-21-,26-23+. The van der Waals surface area contributed by atoms with Gasteiger partial charge < -0.3 is 9.80 Å². The summed E-state index contributed by atoms with van der Waals surface area (Å²) >= 11 is 3.46. The second-order valence-corrected chi connectivity index (χ2v) is 7.47. The van der Waals surface area contributed by atoms with Gasteiger partial charge in [-0.3, -0.25) is 4.99 Å². The number of nitriles is 1. The van der Waals surface area contributed by atoms with Gasteiger partial charge in [0, 0.05) is 44.0 Å². The molecule has 28 heavy (non-hydrogen) atoms. The molecule has 0 rings (SSSR count). The molecule has 0 saturated carbocycles. The molecular formula is C23H35BrN4. The highest BCUT2D eigenvalue weighted by atomic mass is 79.9. The second-order valence-electron chi connectivity index (χ2n) is 6.65. The molecule has 154 valence electrons. The lowest BCUT2D eigenvalue weighted by atomic mass is 10.0. The van der Waals surface area contributed by atoms with Crippen LogP contribution in [0.1, 0.15) is 47.0 Å². The Morgan fingerprint density at radius 2 is 1.96 bits per heavy atom. The molecular weight excluding hydrogens is 412 g/mol. The molecule has 0 aliphatic heterocycles. The van der Waals surface area contributed by atoms with Crippen molar-refractivity contribution in [2.24, 2.45) is 4.99 Å². The van der Waals surface area contributed by atoms with Crippen LogP contribution >= 0.6 is 15.9 Å². The minimum atomic E-state index is 0.232. The summed E-state index contributed by atoms with van der Waals surface area (Å²) in [5.41, 5.74) is 4.49. The molecule has 1 atom stereocenters. The lowest BCUT2D eigenvalue weighted by Gasteiger charge is -2.33. The Balaban J connectivity index is 6.08. The van der Waals surface area contributed by atoms with Gasteiger partial charge in [0.05, 0.1) is 6.07 Å². The van der Waals surface area contributed by atoms with Crippen LogP contribution in [0.5, 0.6) is 0 Å². The number of hydrogen-bond donors (Lipinski definition) is 0. The van der Waals surface area contributed by atoms with E-state index >= 15 is 0 Å². The SMILES string of the molecule is C=CCN(/C(C)=C/C(Br)=N\C)/C(C)=C(/CN(C=C)C(C)CCC#N)C(=C)CC. The third-order valence-corrected chi connectivity index (χ3v) is 5.37. The summed E-state index contributed by atoms with van der Waals surface area (Å²) in [6.45, 7) is 22.0. The van der Waals surface area contributed by atoms with Gasteiger partial charge >= 0.3 is 0 Å². The molecule has 0 saturated heterocycles. The van der Waals surface area contributed by atoms with Crippen molar-refractivity contribution in [2.45, 2.75) is 53.0 Å². The fourth-order valence-corrected chi connectivity index (χ4v) is 3.20. The fraction of sp³-hybridized carbons (Fsp3) is 0.478. The average Bonchev–Trinajstić information content (AvgIpc) is 2.69. The Labute approximate surface area is 180 Å². The van der Waals surface area contributed by atoms with E-state index in [9.17, 15) is 0 Å². The molecule has 0 spiro atoms. The van der Waals surface area contributed by atoms with Crippen LogP contribution in [0.25, 0.3) is 0 Å². The Hall–Kier alpha value is -2.06. The molecule has 0 amide bonds. The summed E-state index contributed by atoms with van der Waals surface area (Å²) in [5, 5.41) is 8.90. The maximum absolute atomic E-state index is 8.90. The first kappa shape index (κ1) is 25.9. The van der Waals surface area contributed by atoms with Gasteiger partial charge in [-0.25, -0.2) is 0 Å². The topological polar surface area (TPSA) is 42.6 Å². The van der Waals surface area contributed by atoms with Gasteiger partial charge in [0.15, 0.2) is 0 Å². The Morgan fingerprint density at radius 1 is 1.32 bits per heavy atom. The summed E-state index contributed by atoms with van der Waals surface area (Å²) < 4.78 is 0.792. The van der Waals surface area contributed by atoms with Crippen molar-refractivity contribution in [3.8, 4) is 6.07 Å². The van der Waals surface area contributed by atoms with Crippen LogP contribution in [0.3, 0.4) is 0 Å². The van der Waals surface area contributed by atoms with Crippen molar-refractivity contribution in [3.05, 3.63) is 60.6 Å². The quantitative estimate of drug-likeness (QED) is 0.192. The zero-order chi connectivity index (χ0) is 21.7. The molecule has 0 aromatic heterocycles. The average molecular weight is 447 g/mol. The molecule has 0 fully saturated rings. The van der Waals surface area contributed by atoms with Crippen LogP contribution in [-0.4, -0.2) is 40.6 Å². The first-order valence-electron chi connectivity index (χ1n) is 9.59.